The Morgan fingerprint density at radius 1 is 1.50 bits per heavy atom. The van der Waals surface area contributed by atoms with Crippen LogP contribution in [0.1, 0.15) is 6.92 Å². The molecule has 0 bridgehead atoms. The molecule has 2 N–H and O–H groups in total. The van der Waals surface area contributed by atoms with Crippen LogP contribution in [0.4, 0.5) is 14.5 Å². The normalized spacial score (nSPS) is 12.6. The van der Waals surface area contributed by atoms with E-state index in [2.05, 4.69) is 0 Å². The third-order valence-electron chi connectivity index (χ3n) is 1.54. The average Bonchev–Trinajstić information content (AvgIpc) is 2.11. The van der Waals surface area contributed by atoms with Gasteiger partial charge in [-0.25, -0.2) is 4.39 Å². The number of nitrogen functional groups attached to an aromatic ring is 1. The molecule has 0 saturated heterocycles. The molecule has 0 saturated carbocycles. The van der Waals surface area contributed by atoms with Crippen LogP contribution in [0.15, 0.2) is 12.1 Å². The van der Waals surface area contributed by atoms with E-state index in [1.165, 1.54) is 6.07 Å². The second-order valence-corrected chi connectivity index (χ2v) is 3.62. The first-order chi connectivity index (χ1) is 6.52. The van der Waals surface area contributed by atoms with E-state index < -0.39 is 11.6 Å². The molecule has 0 amide bonds. The Morgan fingerprint density at radius 2 is 2.14 bits per heavy atom. The zero-order valence-corrected chi connectivity index (χ0v) is 8.31. The molecule has 0 spiro atoms. The average molecular weight is 222 g/mol. The van der Waals surface area contributed by atoms with Crippen molar-refractivity contribution in [3.8, 4) is 5.75 Å². The molecular weight excluding hydrogens is 212 g/mol. The summed E-state index contributed by atoms with van der Waals surface area (Å²) in [4.78, 5) is 0. The number of hydrogen-bond donors (Lipinski definition) is 1. The van der Waals surface area contributed by atoms with Crippen molar-refractivity contribution in [1.82, 2.24) is 0 Å². The molecule has 0 aromatic heterocycles. The first-order valence-corrected chi connectivity index (χ1v) is 4.46. The highest BCUT2D eigenvalue weighted by molar-refractivity contribution is 6.20. The van der Waals surface area contributed by atoms with E-state index in [0.717, 1.165) is 6.07 Å². The van der Waals surface area contributed by atoms with Gasteiger partial charge in [0.25, 0.3) is 0 Å². The van der Waals surface area contributed by atoms with Gasteiger partial charge < -0.3 is 10.5 Å². The zero-order valence-electron chi connectivity index (χ0n) is 7.56. The van der Waals surface area contributed by atoms with Gasteiger partial charge in [0.05, 0.1) is 11.1 Å². The summed E-state index contributed by atoms with van der Waals surface area (Å²) in [5.41, 5.74) is 5.46. The van der Waals surface area contributed by atoms with E-state index >= 15 is 0 Å². The molecule has 1 aromatic carbocycles. The Kier molecular flexibility index (Phi) is 3.52. The van der Waals surface area contributed by atoms with Crippen molar-refractivity contribution in [2.24, 2.45) is 0 Å². The Morgan fingerprint density at radius 3 is 2.71 bits per heavy atom. The van der Waals surface area contributed by atoms with E-state index in [4.69, 9.17) is 22.1 Å². The van der Waals surface area contributed by atoms with Crippen molar-refractivity contribution in [1.29, 1.82) is 0 Å². The van der Waals surface area contributed by atoms with E-state index in [1.807, 2.05) is 0 Å². The molecule has 2 nitrogen and oxygen atoms in total. The molecule has 1 aromatic rings. The maximum absolute atomic E-state index is 13.1. The lowest BCUT2D eigenvalue weighted by Crippen LogP contribution is -2.10. The first kappa shape index (κ1) is 11.0. The number of ether oxygens (including phenoxy) is 1. The predicted octanol–water partition coefficient (Wildman–Crippen LogP) is 2.55. The Bertz CT molecular complexity index is 331. The summed E-state index contributed by atoms with van der Waals surface area (Å²) in [7, 11) is 0. The summed E-state index contributed by atoms with van der Waals surface area (Å²) in [5, 5.41) is -0.294. The lowest BCUT2D eigenvalue weighted by molar-refractivity contribution is 0.299. The fourth-order valence-corrected chi connectivity index (χ4v) is 0.955. The third-order valence-corrected chi connectivity index (χ3v) is 1.66. The summed E-state index contributed by atoms with van der Waals surface area (Å²) in [6.45, 7) is 1.75. The molecule has 0 unspecified atom stereocenters. The first-order valence-electron chi connectivity index (χ1n) is 4.02. The van der Waals surface area contributed by atoms with E-state index in [1.54, 1.807) is 6.92 Å². The van der Waals surface area contributed by atoms with Gasteiger partial charge in [-0.2, -0.15) is 4.39 Å². The molecular formula is C9H10ClF2NO. The van der Waals surface area contributed by atoms with Gasteiger partial charge in [0.1, 0.15) is 6.61 Å². The van der Waals surface area contributed by atoms with Gasteiger partial charge in [0.2, 0.25) is 5.82 Å². The van der Waals surface area contributed by atoms with Crippen LogP contribution in [-0.2, 0) is 0 Å². The lowest BCUT2D eigenvalue weighted by Gasteiger charge is -2.10. The van der Waals surface area contributed by atoms with Crippen molar-refractivity contribution < 1.29 is 13.5 Å². The second kappa shape index (κ2) is 4.46. The molecule has 0 aliphatic carbocycles. The SMILES string of the molecule is C[C@@H](Cl)COc1c(N)ccc(F)c1F. The van der Waals surface area contributed by atoms with Crippen molar-refractivity contribution >= 4 is 17.3 Å². The number of nitrogens with two attached hydrogens (primary N) is 1. The molecule has 5 heteroatoms. The van der Waals surface area contributed by atoms with E-state index in [9.17, 15) is 8.78 Å². The van der Waals surface area contributed by atoms with Crippen LogP contribution in [0, 0.1) is 11.6 Å². The maximum atomic E-state index is 13.1. The van der Waals surface area contributed by atoms with Crippen molar-refractivity contribution in [3.05, 3.63) is 23.8 Å². The van der Waals surface area contributed by atoms with Crippen LogP contribution in [0.2, 0.25) is 0 Å². The van der Waals surface area contributed by atoms with Gasteiger partial charge in [-0.15, -0.1) is 11.6 Å². The summed E-state index contributed by atoms with van der Waals surface area (Å²) < 4.78 is 30.8. The molecule has 1 atom stereocenters. The van der Waals surface area contributed by atoms with Crippen LogP contribution in [0.25, 0.3) is 0 Å². The lowest BCUT2D eigenvalue weighted by atomic mass is 10.3. The van der Waals surface area contributed by atoms with Gasteiger partial charge in [-0.05, 0) is 19.1 Å². The van der Waals surface area contributed by atoms with Crippen molar-refractivity contribution in [2.75, 3.05) is 12.3 Å². The van der Waals surface area contributed by atoms with Crippen molar-refractivity contribution in [2.45, 2.75) is 12.3 Å². The van der Waals surface area contributed by atoms with Crippen LogP contribution in [0.5, 0.6) is 5.75 Å². The predicted molar refractivity (Wildman–Crippen MR) is 51.6 cm³/mol. The topological polar surface area (TPSA) is 35.2 Å². The molecule has 1 rings (SSSR count). The van der Waals surface area contributed by atoms with Gasteiger partial charge in [-0.3, -0.25) is 0 Å². The smallest absolute Gasteiger partial charge is 0.202 e. The number of anilines is 1. The highest BCUT2D eigenvalue weighted by Gasteiger charge is 2.13. The maximum Gasteiger partial charge on any atom is 0.202 e. The second-order valence-electron chi connectivity index (χ2n) is 2.87. The number of rotatable bonds is 3. The Hall–Kier alpha value is -1.03. The fourth-order valence-electron chi connectivity index (χ4n) is 0.892. The summed E-state index contributed by atoms with van der Waals surface area (Å²) >= 11 is 5.59. The monoisotopic (exact) mass is 221 g/mol. The molecule has 0 aliphatic rings. The molecule has 0 aliphatic heterocycles. The van der Waals surface area contributed by atoms with Gasteiger partial charge >= 0.3 is 0 Å². The summed E-state index contributed by atoms with van der Waals surface area (Å²) in [6.07, 6.45) is 0. The molecule has 0 radical (unpaired) electrons. The molecule has 78 valence electrons. The Balaban J connectivity index is 2.89. The van der Waals surface area contributed by atoms with Gasteiger partial charge in [0, 0.05) is 0 Å². The highest BCUT2D eigenvalue weighted by atomic mass is 35.5. The molecule has 0 heterocycles. The minimum absolute atomic E-state index is 0.0567. The number of hydrogen-bond acceptors (Lipinski definition) is 2. The molecule has 14 heavy (non-hydrogen) atoms. The van der Waals surface area contributed by atoms with Crippen LogP contribution < -0.4 is 10.5 Å². The third kappa shape index (κ3) is 2.48. The summed E-state index contributed by atoms with van der Waals surface area (Å²) in [5.74, 6) is -2.35. The highest BCUT2D eigenvalue weighted by Crippen LogP contribution is 2.27. The number of halogens is 3. The van der Waals surface area contributed by atoms with Crippen LogP contribution in [0.3, 0.4) is 0 Å². The van der Waals surface area contributed by atoms with E-state index in [-0.39, 0.29) is 23.4 Å². The van der Waals surface area contributed by atoms with Crippen LogP contribution >= 0.6 is 11.6 Å². The van der Waals surface area contributed by atoms with E-state index in [0.29, 0.717) is 0 Å². The van der Waals surface area contributed by atoms with Crippen LogP contribution in [-0.4, -0.2) is 12.0 Å². The van der Waals surface area contributed by atoms with Gasteiger partial charge in [0.15, 0.2) is 11.6 Å². The Labute approximate surface area is 85.6 Å². The largest absolute Gasteiger partial charge is 0.487 e. The quantitative estimate of drug-likeness (QED) is 0.629. The number of benzene rings is 1. The number of alkyl halides is 1. The minimum Gasteiger partial charge on any atom is -0.487 e. The van der Waals surface area contributed by atoms with Gasteiger partial charge in [-0.1, -0.05) is 0 Å². The standard InChI is InChI=1S/C9H10ClF2NO/c1-5(10)4-14-9-7(13)3-2-6(11)8(9)12/h2-3,5H,4,13H2,1H3/t5-/m1/s1. The summed E-state index contributed by atoms with van der Waals surface area (Å²) in [6, 6.07) is 2.19. The molecule has 0 fully saturated rings. The minimum atomic E-state index is -1.08. The van der Waals surface area contributed by atoms with Crippen molar-refractivity contribution in [3.63, 3.8) is 0 Å². The fraction of sp³-hybridized carbons (Fsp3) is 0.333. The zero-order chi connectivity index (χ0) is 10.7.